The molecule has 1 unspecified atom stereocenters. The van der Waals surface area contributed by atoms with Gasteiger partial charge in [-0.3, -0.25) is 0 Å². The van der Waals surface area contributed by atoms with Gasteiger partial charge in [0.2, 0.25) is 0 Å². The van der Waals surface area contributed by atoms with E-state index in [1.165, 1.54) is 18.2 Å². The molecule has 0 amide bonds. The van der Waals surface area contributed by atoms with Crippen molar-refractivity contribution in [2.75, 3.05) is 0 Å². The number of hydrogen-bond donors (Lipinski definition) is 1. The van der Waals surface area contributed by atoms with Gasteiger partial charge in [-0.05, 0) is 36.4 Å². The Bertz CT molecular complexity index is 762. The van der Waals surface area contributed by atoms with Crippen molar-refractivity contribution in [2.45, 2.75) is 6.10 Å². The molecule has 0 aliphatic rings. The van der Waals surface area contributed by atoms with E-state index in [0.29, 0.717) is 10.6 Å². The van der Waals surface area contributed by atoms with Gasteiger partial charge >= 0.3 is 0 Å². The third-order valence-corrected chi connectivity index (χ3v) is 3.60. The van der Waals surface area contributed by atoms with Gasteiger partial charge in [-0.25, -0.2) is 4.39 Å². The van der Waals surface area contributed by atoms with Gasteiger partial charge in [-0.1, -0.05) is 29.3 Å². The molecule has 0 saturated carbocycles. The van der Waals surface area contributed by atoms with Crippen LogP contribution in [0.4, 0.5) is 4.39 Å². The first-order chi connectivity index (χ1) is 9.56. The molecule has 0 aliphatic carbocycles. The Morgan fingerprint density at radius 3 is 2.65 bits per heavy atom. The molecular weight excluding hydrogens is 302 g/mol. The van der Waals surface area contributed by atoms with Crippen LogP contribution < -0.4 is 0 Å². The first-order valence-electron chi connectivity index (χ1n) is 5.87. The maximum absolute atomic E-state index is 13.8. The smallest absolute Gasteiger partial charge is 0.141 e. The zero-order valence-corrected chi connectivity index (χ0v) is 11.6. The molecule has 0 aliphatic heterocycles. The summed E-state index contributed by atoms with van der Waals surface area (Å²) < 4.78 is 19.3. The van der Waals surface area contributed by atoms with Gasteiger partial charge in [-0.15, -0.1) is 0 Å². The quantitative estimate of drug-likeness (QED) is 0.725. The molecule has 0 fully saturated rings. The first-order valence-corrected chi connectivity index (χ1v) is 6.63. The zero-order chi connectivity index (χ0) is 14.3. The monoisotopic (exact) mass is 310 g/mol. The van der Waals surface area contributed by atoms with Gasteiger partial charge in [0.1, 0.15) is 23.3 Å². The lowest BCUT2D eigenvalue weighted by molar-refractivity contribution is 0.187. The highest BCUT2D eigenvalue weighted by Gasteiger charge is 2.21. The number of aliphatic hydroxyl groups excluding tert-OH is 1. The zero-order valence-electron chi connectivity index (χ0n) is 10.1. The average molecular weight is 311 g/mol. The summed E-state index contributed by atoms with van der Waals surface area (Å²) in [5.74, 6) is -0.363. The van der Waals surface area contributed by atoms with E-state index in [1.54, 1.807) is 24.3 Å². The Hall–Kier alpha value is -1.55. The van der Waals surface area contributed by atoms with Crippen LogP contribution in [-0.4, -0.2) is 5.11 Å². The third-order valence-electron chi connectivity index (χ3n) is 3.04. The highest BCUT2D eigenvalue weighted by molar-refractivity contribution is 6.31. The highest BCUT2D eigenvalue weighted by atomic mass is 35.5. The molecule has 3 aromatic rings. The van der Waals surface area contributed by atoms with Crippen LogP contribution in [0.2, 0.25) is 10.0 Å². The average Bonchev–Trinajstić information content (AvgIpc) is 2.81. The summed E-state index contributed by atoms with van der Waals surface area (Å²) in [6.45, 7) is 0. The Kier molecular flexibility index (Phi) is 3.42. The summed E-state index contributed by atoms with van der Waals surface area (Å²) in [6.07, 6.45) is -1.27. The Morgan fingerprint density at radius 1 is 1.10 bits per heavy atom. The minimum Gasteiger partial charge on any atom is -0.458 e. The lowest BCUT2D eigenvalue weighted by Crippen LogP contribution is -2.02. The maximum atomic E-state index is 13.8. The SMILES string of the molecule is OC(c1cc2cc(Cl)ccc2o1)c1c(F)cccc1Cl. The molecule has 1 N–H and O–H groups in total. The van der Waals surface area contributed by atoms with E-state index in [2.05, 4.69) is 0 Å². The van der Waals surface area contributed by atoms with Crippen LogP contribution in [0.3, 0.4) is 0 Å². The molecule has 0 bridgehead atoms. The Balaban J connectivity index is 2.10. The minimum absolute atomic E-state index is 0.000630. The normalized spacial score (nSPS) is 12.8. The lowest BCUT2D eigenvalue weighted by atomic mass is 10.1. The number of furan rings is 1. The topological polar surface area (TPSA) is 33.4 Å². The largest absolute Gasteiger partial charge is 0.458 e. The van der Waals surface area contributed by atoms with Crippen LogP contribution in [0.5, 0.6) is 0 Å². The van der Waals surface area contributed by atoms with E-state index in [9.17, 15) is 9.50 Å². The van der Waals surface area contributed by atoms with Crippen molar-refractivity contribution < 1.29 is 13.9 Å². The van der Waals surface area contributed by atoms with Crippen LogP contribution in [0, 0.1) is 5.82 Å². The molecule has 3 rings (SSSR count). The first kappa shape index (κ1) is 13.4. The fourth-order valence-corrected chi connectivity index (χ4v) is 2.53. The third kappa shape index (κ3) is 2.29. The predicted molar refractivity (Wildman–Crippen MR) is 76.7 cm³/mol. The van der Waals surface area contributed by atoms with Crippen molar-refractivity contribution in [1.82, 2.24) is 0 Å². The summed E-state index contributed by atoms with van der Waals surface area (Å²) in [7, 11) is 0. The van der Waals surface area contributed by atoms with Crippen LogP contribution in [-0.2, 0) is 0 Å². The van der Waals surface area contributed by atoms with E-state index in [-0.39, 0.29) is 16.3 Å². The fourth-order valence-electron chi connectivity index (χ4n) is 2.08. The number of rotatable bonds is 2. The van der Waals surface area contributed by atoms with Crippen LogP contribution in [0.25, 0.3) is 11.0 Å². The van der Waals surface area contributed by atoms with E-state index in [4.69, 9.17) is 27.6 Å². The maximum Gasteiger partial charge on any atom is 0.141 e. The molecule has 1 atom stereocenters. The van der Waals surface area contributed by atoms with Crippen molar-refractivity contribution in [3.8, 4) is 0 Å². The Morgan fingerprint density at radius 2 is 1.90 bits per heavy atom. The number of hydrogen-bond acceptors (Lipinski definition) is 2. The summed E-state index contributed by atoms with van der Waals surface area (Å²) in [5, 5.41) is 11.7. The fraction of sp³-hybridized carbons (Fsp3) is 0.0667. The van der Waals surface area contributed by atoms with Gasteiger partial charge in [0.05, 0.1) is 0 Å². The minimum atomic E-state index is -1.27. The second kappa shape index (κ2) is 5.09. The van der Waals surface area contributed by atoms with Crippen LogP contribution in [0.1, 0.15) is 17.4 Å². The highest BCUT2D eigenvalue weighted by Crippen LogP contribution is 2.34. The summed E-state index contributed by atoms with van der Waals surface area (Å²) in [5.41, 5.74) is 0.565. The van der Waals surface area contributed by atoms with Crippen LogP contribution >= 0.6 is 23.2 Å². The second-order valence-electron chi connectivity index (χ2n) is 4.37. The van der Waals surface area contributed by atoms with Crippen LogP contribution in [0.15, 0.2) is 46.9 Å². The number of aliphatic hydroxyl groups is 1. The van der Waals surface area contributed by atoms with E-state index >= 15 is 0 Å². The van der Waals surface area contributed by atoms with E-state index in [1.807, 2.05) is 0 Å². The molecule has 1 heterocycles. The number of benzene rings is 2. The molecule has 102 valence electrons. The molecule has 2 nitrogen and oxygen atoms in total. The van der Waals surface area contributed by atoms with E-state index in [0.717, 1.165) is 5.39 Å². The molecule has 0 saturated heterocycles. The molecule has 20 heavy (non-hydrogen) atoms. The number of halogens is 3. The van der Waals surface area contributed by atoms with Gasteiger partial charge in [0.15, 0.2) is 0 Å². The molecule has 0 radical (unpaired) electrons. The van der Waals surface area contributed by atoms with Crippen molar-refractivity contribution >= 4 is 34.2 Å². The van der Waals surface area contributed by atoms with E-state index < -0.39 is 11.9 Å². The second-order valence-corrected chi connectivity index (χ2v) is 5.21. The van der Waals surface area contributed by atoms with Crippen molar-refractivity contribution in [1.29, 1.82) is 0 Å². The summed E-state index contributed by atoms with van der Waals surface area (Å²) >= 11 is 11.8. The van der Waals surface area contributed by atoms with Gasteiger partial charge in [0, 0.05) is 21.0 Å². The Labute approximate surface area is 124 Å². The summed E-state index contributed by atoms with van der Waals surface area (Å²) in [4.78, 5) is 0. The lowest BCUT2D eigenvalue weighted by Gasteiger charge is -2.10. The molecular formula is C15H9Cl2FO2. The summed E-state index contributed by atoms with van der Waals surface area (Å²) in [6, 6.07) is 10.9. The van der Waals surface area contributed by atoms with Gasteiger partial charge in [0.25, 0.3) is 0 Å². The predicted octanol–water partition coefficient (Wildman–Crippen LogP) is 4.96. The molecule has 0 spiro atoms. The standard InChI is InChI=1S/C15H9Cl2FO2/c16-9-4-5-12-8(6-9)7-13(20-12)15(19)14-10(17)2-1-3-11(14)18/h1-7,15,19H. The molecule has 2 aromatic carbocycles. The number of fused-ring (bicyclic) bond motifs is 1. The van der Waals surface area contributed by atoms with Crippen molar-refractivity contribution in [3.05, 3.63) is 69.7 Å². The molecule has 5 heteroatoms. The van der Waals surface area contributed by atoms with Gasteiger partial charge in [-0.2, -0.15) is 0 Å². The molecule has 1 aromatic heterocycles. The van der Waals surface area contributed by atoms with Crippen molar-refractivity contribution in [2.24, 2.45) is 0 Å². The van der Waals surface area contributed by atoms with Crippen molar-refractivity contribution in [3.63, 3.8) is 0 Å². The van der Waals surface area contributed by atoms with Gasteiger partial charge < -0.3 is 9.52 Å².